The first-order valence-electron chi connectivity index (χ1n) is 29.0. The molecule has 410 valence electrons. The number of para-hydroxylation sites is 4. The average Bonchev–Trinajstić information content (AvgIpc) is 2.22. The van der Waals surface area contributed by atoms with E-state index in [-0.39, 0.29) is 0 Å². The largest absolute Gasteiger partial charge is 0.309 e. The van der Waals surface area contributed by atoms with Crippen molar-refractivity contribution in [2.45, 2.75) is 6.92 Å². The maximum atomic E-state index is 5.10. The molecule has 0 atom stereocenters. The van der Waals surface area contributed by atoms with Crippen molar-refractivity contribution in [1.29, 1.82) is 0 Å². The summed E-state index contributed by atoms with van der Waals surface area (Å²) in [5, 5.41) is 4.98. The Morgan fingerprint density at radius 3 is 1.21 bits per heavy atom. The standard InChI is InChI=1S/C78H53N9/c1-51(27-48-67(79-2)70-50-69(81-75(82-70)58-16-4-3-5-17-58)57-34-30-53(31-35-57)55-40-44-61(45-41-55)86-71-23-10-6-18-63(71)64-19-7-11-24-72(64)86)52-28-36-59(37-29-52)76-83-77(85-78(84-76)68-22-14-15-49-80-68)60-38-32-54(33-39-60)56-42-46-62(47-43-56)87-73-25-12-8-20-65(73)66-21-9-13-26-74(66)87/h3-50H,2H2,1H3/b51-27+,67-48-. The number of aliphatic imine (C=N–C) groups is 1. The lowest BCUT2D eigenvalue weighted by atomic mass is 10.0. The predicted octanol–water partition coefficient (Wildman–Crippen LogP) is 19.1. The first kappa shape index (κ1) is 52.0. The third-order valence-corrected chi connectivity index (χ3v) is 16.2. The highest BCUT2D eigenvalue weighted by molar-refractivity contribution is 6.10. The molecule has 0 fully saturated rings. The number of aromatic nitrogens is 8. The number of benzene rings is 10. The van der Waals surface area contributed by atoms with Crippen molar-refractivity contribution >= 4 is 61.6 Å². The first-order chi connectivity index (χ1) is 43.0. The van der Waals surface area contributed by atoms with E-state index in [0.717, 1.165) is 72.7 Å². The minimum absolute atomic E-state index is 0.494. The Hall–Kier alpha value is -11.8. The highest BCUT2D eigenvalue weighted by atomic mass is 15.0. The number of pyridine rings is 1. The Bertz CT molecular complexity index is 5020. The van der Waals surface area contributed by atoms with Crippen LogP contribution in [0.15, 0.2) is 296 Å². The number of fused-ring (bicyclic) bond motifs is 6. The Morgan fingerprint density at radius 1 is 0.345 bits per heavy atom. The van der Waals surface area contributed by atoms with Crippen LogP contribution in [0.3, 0.4) is 0 Å². The monoisotopic (exact) mass is 1120 g/mol. The van der Waals surface area contributed by atoms with E-state index in [9.17, 15) is 0 Å². The summed E-state index contributed by atoms with van der Waals surface area (Å²) in [5.41, 5.74) is 19.8. The molecular formula is C78H53N9. The summed E-state index contributed by atoms with van der Waals surface area (Å²) in [6.07, 6.45) is 5.77. The summed E-state index contributed by atoms with van der Waals surface area (Å²) in [4.78, 5) is 34.3. The third-order valence-electron chi connectivity index (χ3n) is 16.2. The van der Waals surface area contributed by atoms with Gasteiger partial charge in [0.1, 0.15) is 5.69 Å². The number of rotatable bonds is 13. The van der Waals surface area contributed by atoms with Gasteiger partial charge in [-0.25, -0.2) is 24.9 Å². The molecule has 15 aromatic rings. The molecule has 0 amide bonds. The molecule has 10 aromatic carbocycles. The summed E-state index contributed by atoms with van der Waals surface area (Å²) >= 11 is 0. The van der Waals surface area contributed by atoms with E-state index in [1.807, 2.05) is 78.9 Å². The van der Waals surface area contributed by atoms with E-state index in [4.69, 9.17) is 24.9 Å². The number of hydrogen-bond acceptors (Lipinski definition) is 7. The van der Waals surface area contributed by atoms with E-state index >= 15 is 0 Å². The van der Waals surface area contributed by atoms with Gasteiger partial charge in [0.05, 0.1) is 39.2 Å². The number of hydrogen-bond donors (Lipinski definition) is 0. The van der Waals surface area contributed by atoms with Crippen molar-refractivity contribution in [2.24, 2.45) is 4.99 Å². The normalized spacial score (nSPS) is 11.9. The number of allylic oxidation sites excluding steroid dienone is 3. The quantitative estimate of drug-likeness (QED) is 0.0842. The molecule has 0 bridgehead atoms. The molecule has 0 N–H and O–H groups in total. The van der Waals surface area contributed by atoms with Crippen molar-refractivity contribution in [3.05, 3.63) is 303 Å². The van der Waals surface area contributed by atoms with Crippen LogP contribution in [0.5, 0.6) is 0 Å². The van der Waals surface area contributed by atoms with Gasteiger partial charge in [0.2, 0.25) is 0 Å². The summed E-state index contributed by atoms with van der Waals surface area (Å²) in [7, 11) is 0. The lowest BCUT2D eigenvalue weighted by Crippen LogP contribution is -2.01. The maximum Gasteiger partial charge on any atom is 0.182 e. The Morgan fingerprint density at radius 2 is 0.736 bits per heavy atom. The van der Waals surface area contributed by atoms with Crippen LogP contribution in [0.1, 0.15) is 18.2 Å². The van der Waals surface area contributed by atoms with Gasteiger partial charge in [0, 0.05) is 61.4 Å². The summed E-state index contributed by atoms with van der Waals surface area (Å²) in [6, 6.07) is 94.9. The second-order valence-electron chi connectivity index (χ2n) is 21.5. The van der Waals surface area contributed by atoms with Crippen molar-refractivity contribution < 1.29 is 0 Å². The molecule has 5 aromatic heterocycles. The fraction of sp³-hybridized carbons (Fsp3) is 0.0128. The molecule has 0 spiro atoms. The molecule has 87 heavy (non-hydrogen) atoms. The zero-order chi connectivity index (χ0) is 58.2. The zero-order valence-corrected chi connectivity index (χ0v) is 47.4. The second-order valence-corrected chi connectivity index (χ2v) is 21.5. The van der Waals surface area contributed by atoms with Crippen LogP contribution in [-0.4, -0.2) is 45.8 Å². The van der Waals surface area contributed by atoms with E-state index in [1.165, 1.54) is 43.6 Å². The van der Waals surface area contributed by atoms with Crippen molar-refractivity contribution in [1.82, 2.24) is 39.0 Å². The van der Waals surface area contributed by atoms with Crippen LogP contribution >= 0.6 is 0 Å². The molecule has 5 heterocycles. The number of nitrogens with zero attached hydrogens (tertiary/aromatic N) is 9. The van der Waals surface area contributed by atoms with Gasteiger partial charge in [-0.15, -0.1) is 0 Å². The Balaban J connectivity index is 0.687. The minimum atomic E-state index is 0.494. The molecular weight excluding hydrogens is 1060 g/mol. The SMILES string of the molecule is C=N/C(=C\C=C(/C)c1ccc(-c2nc(-c3ccc(-c4ccc(-n5c6ccccc6c6ccccc65)cc4)cc3)nc(-c3ccccn3)n2)cc1)c1cc(-c2ccc(-c3ccc(-n4c5ccccc5c5ccccc54)cc3)cc2)nc(-c2ccccc2)n1. The van der Waals surface area contributed by atoms with Gasteiger partial charge in [-0.2, -0.15) is 0 Å². The van der Waals surface area contributed by atoms with Crippen molar-refractivity contribution in [3.63, 3.8) is 0 Å². The van der Waals surface area contributed by atoms with E-state index in [0.29, 0.717) is 40.4 Å². The molecule has 0 aliphatic heterocycles. The third kappa shape index (κ3) is 9.94. The summed E-state index contributed by atoms with van der Waals surface area (Å²) in [5.74, 6) is 2.20. The van der Waals surface area contributed by atoms with E-state index in [1.54, 1.807) is 6.20 Å². The smallest absolute Gasteiger partial charge is 0.182 e. The topological polar surface area (TPSA) is 99.6 Å². The lowest BCUT2D eigenvalue weighted by molar-refractivity contribution is 1.06. The fourth-order valence-electron chi connectivity index (χ4n) is 11.7. The molecule has 9 nitrogen and oxygen atoms in total. The van der Waals surface area contributed by atoms with Crippen molar-refractivity contribution in [3.8, 4) is 90.6 Å². The molecule has 0 saturated carbocycles. The predicted molar refractivity (Wildman–Crippen MR) is 358 cm³/mol. The minimum Gasteiger partial charge on any atom is -0.309 e. The van der Waals surface area contributed by atoms with Gasteiger partial charge >= 0.3 is 0 Å². The highest BCUT2D eigenvalue weighted by Crippen LogP contribution is 2.36. The fourth-order valence-corrected chi connectivity index (χ4v) is 11.7. The van der Waals surface area contributed by atoms with Crippen LogP contribution in [0.2, 0.25) is 0 Å². The molecule has 0 aliphatic carbocycles. The summed E-state index contributed by atoms with van der Waals surface area (Å²) in [6.45, 7) is 6.08. The highest BCUT2D eigenvalue weighted by Gasteiger charge is 2.18. The molecule has 0 aliphatic rings. The van der Waals surface area contributed by atoms with E-state index in [2.05, 4.69) is 239 Å². The van der Waals surface area contributed by atoms with Gasteiger partial charge in [-0.3, -0.25) is 9.98 Å². The average molecular weight is 1120 g/mol. The Kier molecular flexibility index (Phi) is 13.4. The van der Waals surface area contributed by atoms with Crippen LogP contribution in [0.25, 0.3) is 145 Å². The van der Waals surface area contributed by atoms with Gasteiger partial charge in [-0.05, 0) is 120 Å². The van der Waals surface area contributed by atoms with E-state index < -0.39 is 0 Å². The Labute approximate surface area is 503 Å². The van der Waals surface area contributed by atoms with Crippen LogP contribution in [0, 0.1) is 0 Å². The second kappa shape index (κ2) is 22.4. The molecule has 0 unspecified atom stereocenters. The molecule has 15 rings (SSSR count). The van der Waals surface area contributed by atoms with Crippen molar-refractivity contribution in [2.75, 3.05) is 0 Å². The van der Waals surface area contributed by atoms with Gasteiger partial charge in [0.25, 0.3) is 0 Å². The molecule has 0 saturated heterocycles. The first-order valence-corrected chi connectivity index (χ1v) is 29.0. The zero-order valence-electron chi connectivity index (χ0n) is 47.4. The van der Waals surface area contributed by atoms with Gasteiger partial charge in [0.15, 0.2) is 23.3 Å². The summed E-state index contributed by atoms with van der Waals surface area (Å²) < 4.78 is 4.68. The molecule has 9 heteroatoms. The maximum absolute atomic E-state index is 5.10. The van der Waals surface area contributed by atoms with Crippen LogP contribution in [-0.2, 0) is 0 Å². The van der Waals surface area contributed by atoms with Crippen LogP contribution < -0.4 is 0 Å². The van der Waals surface area contributed by atoms with Crippen LogP contribution in [0.4, 0.5) is 0 Å². The van der Waals surface area contributed by atoms with Gasteiger partial charge < -0.3 is 9.13 Å². The van der Waals surface area contributed by atoms with Gasteiger partial charge in [-0.1, -0.05) is 212 Å². The lowest BCUT2D eigenvalue weighted by Gasteiger charge is -2.11. The molecule has 0 radical (unpaired) electrons.